The molecule has 0 saturated carbocycles. The van der Waals surface area contributed by atoms with Gasteiger partial charge >= 0.3 is 0 Å². The predicted octanol–water partition coefficient (Wildman–Crippen LogP) is 5.41. The molecule has 0 radical (unpaired) electrons. The smallest absolute Gasteiger partial charge is 0.130 e. The molecule has 0 saturated heterocycles. The van der Waals surface area contributed by atoms with Crippen LogP contribution in [0.3, 0.4) is 0 Å². The van der Waals surface area contributed by atoms with Crippen molar-refractivity contribution in [3.8, 4) is 0 Å². The maximum atomic E-state index is 13.0. The zero-order valence-corrected chi connectivity index (χ0v) is 11.0. The molecule has 0 unspecified atom stereocenters. The summed E-state index contributed by atoms with van der Waals surface area (Å²) < 4.78 is 13.0. The van der Waals surface area contributed by atoms with E-state index in [2.05, 4.69) is 25.7 Å². The minimum Gasteiger partial charge on any atom is -0.206 e. The van der Waals surface area contributed by atoms with Gasteiger partial charge in [-0.25, -0.2) is 4.39 Å². The van der Waals surface area contributed by atoms with Crippen LogP contribution < -0.4 is 0 Å². The first kappa shape index (κ1) is 13.7. The third-order valence-corrected chi connectivity index (χ3v) is 2.85. The monoisotopic (exact) mass is 232 g/mol. The van der Waals surface area contributed by atoms with Gasteiger partial charge in [-0.3, -0.25) is 0 Å². The van der Waals surface area contributed by atoms with Crippen LogP contribution in [0.2, 0.25) is 0 Å². The molecule has 1 aliphatic rings. The van der Waals surface area contributed by atoms with E-state index >= 15 is 0 Å². The Balaban J connectivity index is 2.73. The number of allylic oxidation sites excluding steroid dienone is 7. The van der Waals surface area contributed by atoms with Crippen LogP contribution in [0.25, 0.3) is 0 Å². The first-order valence-corrected chi connectivity index (χ1v) is 6.32. The number of rotatable bonds is 5. The molecule has 0 aromatic heterocycles. The highest BCUT2D eigenvalue weighted by Gasteiger charge is 2.00. The van der Waals surface area contributed by atoms with Crippen LogP contribution in [0.5, 0.6) is 0 Å². The molecule has 0 amide bonds. The average molecular weight is 232 g/mol. The molecule has 0 bridgehead atoms. The second kappa shape index (κ2) is 7.09. The summed E-state index contributed by atoms with van der Waals surface area (Å²) in [7, 11) is 0. The minimum absolute atomic E-state index is 0.239. The summed E-state index contributed by atoms with van der Waals surface area (Å²) in [5.74, 6) is -0.239. The van der Waals surface area contributed by atoms with Crippen molar-refractivity contribution in [3.63, 3.8) is 0 Å². The molecule has 1 aliphatic carbocycles. The van der Waals surface area contributed by atoms with Gasteiger partial charge in [0.2, 0.25) is 0 Å². The van der Waals surface area contributed by atoms with Gasteiger partial charge in [0.25, 0.3) is 0 Å². The van der Waals surface area contributed by atoms with Gasteiger partial charge in [-0.2, -0.15) is 0 Å². The van der Waals surface area contributed by atoms with E-state index in [1.54, 1.807) is 6.08 Å². The quantitative estimate of drug-likeness (QED) is 0.439. The van der Waals surface area contributed by atoms with Crippen molar-refractivity contribution >= 4 is 0 Å². The topological polar surface area (TPSA) is 0 Å². The lowest BCUT2D eigenvalue weighted by atomic mass is 10.0. The Morgan fingerprint density at radius 3 is 2.82 bits per heavy atom. The molecular formula is C16H21F. The molecule has 0 aromatic carbocycles. The van der Waals surface area contributed by atoms with Crippen LogP contribution in [0.15, 0.2) is 52.6 Å². The summed E-state index contributed by atoms with van der Waals surface area (Å²) in [5, 5.41) is 0. The first-order valence-electron chi connectivity index (χ1n) is 6.32. The summed E-state index contributed by atoms with van der Waals surface area (Å²) in [4.78, 5) is 0. The fraction of sp³-hybridized carbons (Fsp3) is 0.438. The summed E-state index contributed by atoms with van der Waals surface area (Å²) in [6, 6.07) is 0. The van der Waals surface area contributed by atoms with Crippen molar-refractivity contribution in [2.24, 2.45) is 0 Å². The highest BCUT2D eigenvalue weighted by Crippen LogP contribution is 2.18. The molecule has 0 atom stereocenters. The first-order chi connectivity index (χ1) is 8.13. The Hall–Kier alpha value is -1.33. The van der Waals surface area contributed by atoms with E-state index in [9.17, 15) is 4.39 Å². The van der Waals surface area contributed by atoms with E-state index in [0.717, 1.165) is 17.6 Å². The van der Waals surface area contributed by atoms with Crippen molar-refractivity contribution in [1.82, 2.24) is 0 Å². The lowest BCUT2D eigenvalue weighted by molar-refractivity contribution is 0.667. The van der Waals surface area contributed by atoms with Crippen LogP contribution in [-0.2, 0) is 0 Å². The maximum Gasteiger partial charge on any atom is 0.130 e. The van der Waals surface area contributed by atoms with Gasteiger partial charge < -0.3 is 0 Å². The molecule has 0 N–H and O–H groups in total. The number of hydrogen-bond acceptors (Lipinski definition) is 0. The van der Waals surface area contributed by atoms with Crippen molar-refractivity contribution in [2.75, 3.05) is 0 Å². The zero-order valence-electron chi connectivity index (χ0n) is 11.0. The second-order valence-electron chi connectivity index (χ2n) is 4.55. The summed E-state index contributed by atoms with van der Waals surface area (Å²) in [6.45, 7) is 6.32. The van der Waals surface area contributed by atoms with Crippen LogP contribution >= 0.6 is 0 Å². The van der Waals surface area contributed by atoms with Crippen molar-refractivity contribution in [2.45, 2.75) is 46.5 Å². The Morgan fingerprint density at radius 1 is 1.35 bits per heavy atom. The average Bonchev–Trinajstić information content (AvgIpc) is 2.45. The van der Waals surface area contributed by atoms with Gasteiger partial charge in [0.05, 0.1) is 0 Å². The van der Waals surface area contributed by atoms with Gasteiger partial charge in [0.1, 0.15) is 5.83 Å². The Labute approximate surface area is 104 Å². The van der Waals surface area contributed by atoms with E-state index in [-0.39, 0.29) is 5.83 Å². The highest BCUT2D eigenvalue weighted by molar-refractivity contribution is 5.44. The van der Waals surface area contributed by atoms with E-state index in [4.69, 9.17) is 0 Å². The molecule has 0 heterocycles. The van der Waals surface area contributed by atoms with Gasteiger partial charge in [-0.05, 0) is 44.4 Å². The zero-order chi connectivity index (χ0) is 12.7. The van der Waals surface area contributed by atoms with E-state index < -0.39 is 0 Å². The van der Waals surface area contributed by atoms with Gasteiger partial charge in [-0.15, -0.1) is 5.73 Å². The molecule has 1 rings (SSSR count). The predicted molar refractivity (Wildman–Crippen MR) is 72.4 cm³/mol. The largest absolute Gasteiger partial charge is 0.206 e. The lowest BCUT2D eigenvalue weighted by Gasteiger charge is -2.03. The molecule has 1 heteroatoms. The summed E-state index contributed by atoms with van der Waals surface area (Å²) >= 11 is 0. The molecular weight excluding hydrogens is 211 g/mol. The molecule has 0 fully saturated rings. The van der Waals surface area contributed by atoms with E-state index in [1.807, 2.05) is 6.92 Å². The third-order valence-electron chi connectivity index (χ3n) is 2.85. The van der Waals surface area contributed by atoms with Crippen molar-refractivity contribution in [3.05, 3.63) is 52.6 Å². The van der Waals surface area contributed by atoms with Crippen LogP contribution in [0, 0.1) is 0 Å². The SMILES string of the molecule is CCCCCC(C)=CC1=C=CC(F)=CC=C1C. The maximum absolute atomic E-state index is 13.0. The van der Waals surface area contributed by atoms with Gasteiger partial charge in [-0.1, -0.05) is 31.4 Å². The molecule has 17 heavy (non-hydrogen) atoms. The fourth-order valence-electron chi connectivity index (χ4n) is 1.73. The minimum atomic E-state index is -0.239. The molecule has 0 spiro atoms. The van der Waals surface area contributed by atoms with E-state index in [1.165, 1.54) is 37.0 Å². The van der Waals surface area contributed by atoms with Crippen LogP contribution in [-0.4, -0.2) is 0 Å². The Morgan fingerprint density at radius 2 is 2.12 bits per heavy atom. The van der Waals surface area contributed by atoms with Crippen molar-refractivity contribution < 1.29 is 4.39 Å². The normalized spacial score (nSPS) is 16.2. The molecule has 0 nitrogen and oxygen atoms in total. The Bertz CT molecular complexity index is 413. The summed E-state index contributed by atoms with van der Waals surface area (Å²) in [5.41, 5.74) is 6.39. The molecule has 0 aliphatic heterocycles. The number of halogens is 1. The van der Waals surface area contributed by atoms with Crippen LogP contribution in [0.4, 0.5) is 4.39 Å². The second-order valence-corrected chi connectivity index (χ2v) is 4.55. The number of unbranched alkanes of at least 4 members (excludes halogenated alkanes) is 2. The third kappa shape index (κ3) is 5.01. The van der Waals surface area contributed by atoms with Gasteiger partial charge in [0, 0.05) is 11.6 Å². The highest BCUT2D eigenvalue weighted by atomic mass is 19.1. The van der Waals surface area contributed by atoms with Crippen molar-refractivity contribution in [1.29, 1.82) is 0 Å². The fourth-order valence-corrected chi connectivity index (χ4v) is 1.73. The standard InChI is InChI=1S/C16H21F/c1-4-5-6-7-13(2)12-15-9-11-16(17)10-8-14(15)3/h8,10-12H,4-7H2,1-3H3. The van der Waals surface area contributed by atoms with Crippen LogP contribution in [0.1, 0.15) is 46.5 Å². The Kier molecular flexibility index (Phi) is 5.72. The lowest BCUT2D eigenvalue weighted by Crippen LogP contribution is -1.84. The van der Waals surface area contributed by atoms with Gasteiger partial charge in [0.15, 0.2) is 0 Å². The molecule has 92 valence electrons. The van der Waals surface area contributed by atoms with E-state index in [0.29, 0.717) is 0 Å². The summed E-state index contributed by atoms with van der Waals surface area (Å²) in [6.07, 6.45) is 11.7. The number of hydrogen-bond donors (Lipinski definition) is 0. The molecule has 0 aromatic rings.